The molecule has 148 valence electrons. The van der Waals surface area contributed by atoms with E-state index < -0.39 is 11.7 Å². The van der Waals surface area contributed by atoms with Crippen LogP contribution in [0, 0.1) is 0 Å². The van der Waals surface area contributed by atoms with Crippen molar-refractivity contribution in [2.24, 2.45) is 4.99 Å². The van der Waals surface area contributed by atoms with E-state index in [1.807, 2.05) is 25.8 Å². The molecule has 1 heterocycles. The lowest BCUT2D eigenvalue weighted by atomic mass is 10.1. The van der Waals surface area contributed by atoms with Gasteiger partial charge in [0.1, 0.15) is 0 Å². The Morgan fingerprint density at radius 3 is 2.44 bits per heavy atom. The largest absolute Gasteiger partial charge is 0.416 e. The van der Waals surface area contributed by atoms with Crippen LogP contribution in [0.1, 0.15) is 42.6 Å². The van der Waals surface area contributed by atoms with Crippen LogP contribution in [0.15, 0.2) is 33.8 Å². The average Bonchev–Trinajstić information content (AvgIpc) is 3.07. The first-order valence-electron chi connectivity index (χ1n) is 8.61. The Hall–Kier alpha value is -2.58. The fourth-order valence-corrected chi connectivity index (χ4v) is 2.42. The van der Waals surface area contributed by atoms with Crippen molar-refractivity contribution in [3.63, 3.8) is 0 Å². The number of alkyl halides is 3. The van der Waals surface area contributed by atoms with Crippen LogP contribution in [-0.2, 0) is 19.1 Å². The number of hydrogen-bond acceptors (Lipinski definition) is 4. The van der Waals surface area contributed by atoms with Crippen molar-refractivity contribution in [3.05, 3.63) is 47.1 Å². The first-order valence-corrected chi connectivity index (χ1v) is 8.61. The lowest BCUT2D eigenvalue weighted by Crippen LogP contribution is -2.39. The quantitative estimate of drug-likeness (QED) is 0.611. The van der Waals surface area contributed by atoms with E-state index in [1.165, 1.54) is 12.1 Å². The summed E-state index contributed by atoms with van der Waals surface area (Å²) in [6.45, 7) is 4.95. The van der Waals surface area contributed by atoms with Crippen molar-refractivity contribution in [1.82, 2.24) is 20.4 Å². The molecule has 1 aromatic carbocycles. The van der Waals surface area contributed by atoms with Crippen LogP contribution in [0.2, 0.25) is 0 Å². The fourth-order valence-electron chi connectivity index (χ4n) is 2.42. The third kappa shape index (κ3) is 5.97. The van der Waals surface area contributed by atoms with Crippen molar-refractivity contribution in [3.8, 4) is 0 Å². The number of halogens is 3. The highest BCUT2D eigenvalue weighted by molar-refractivity contribution is 5.79. The number of hydrogen-bond donors (Lipinski definition) is 1. The Balaban J connectivity index is 1.87. The zero-order valence-electron chi connectivity index (χ0n) is 15.8. The van der Waals surface area contributed by atoms with Gasteiger partial charge >= 0.3 is 6.18 Å². The number of rotatable bonds is 6. The second-order valence-electron chi connectivity index (χ2n) is 6.48. The van der Waals surface area contributed by atoms with Crippen LogP contribution in [0.25, 0.3) is 0 Å². The van der Waals surface area contributed by atoms with Gasteiger partial charge in [0, 0.05) is 39.5 Å². The van der Waals surface area contributed by atoms with E-state index in [0.29, 0.717) is 37.2 Å². The molecule has 0 spiro atoms. The number of aromatic nitrogens is 2. The highest BCUT2D eigenvalue weighted by Crippen LogP contribution is 2.29. The van der Waals surface area contributed by atoms with Gasteiger partial charge in [-0.1, -0.05) is 31.1 Å². The highest BCUT2D eigenvalue weighted by atomic mass is 19.4. The molecule has 27 heavy (non-hydrogen) atoms. The molecule has 0 aliphatic carbocycles. The molecule has 1 aromatic heterocycles. The minimum Gasteiger partial charge on any atom is -0.356 e. The third-order valence-electron chi connectivity index (χ3n) is 3.90. The van der Waals surface area contributed by atoms with Crippen molar-refractivity contribution in [2.75, 3.05) is 20.6 Å². The van der Waals surface area contributed by atoms with Gasteiger partial charge in [-0.15, -0.1) is 0 Å². The maximum absolute atomic E-state index is 12.6. The minimum absolute atomic E-state index is 0.207. The monoisotopic (exact) mass is 383 g/mol. The molecule has 9 heteroatoms. The van der Waals surface area contributed by atoms with E-state index in [1.54, 1.807) is 7.05 Å². The van der Waals surface area contributed by atoms with Crippen LogP contribution in [-0.4, -0.2) is 41.6 Å². The van der Waals surface area contributed by atoms with Gasteiger partial charge in [-0.25, -0.2) is 0 Å². The average molecular weight is 383 g/mol. The Kier molecular flexibility index (Phi) is 6.81. The first-order chi connectivity index (χ1) is 12.7. The van der Waals surface area contributed by atoms with Gasteiger partial charge in [-0.05, 0) is 17.7 Å². The van der Waals surface area contributed by atoms with Crippen LogP contribution in [0.4, 0.5) is 13.2 Å². The number of guanidine groups is 1. The molecule has 0 unspecified atom stereocenters. The number of nitrogens with zero attached hydrogens (tertiary/aromatic N) is 4. The predicted molar refractivity (Wildman–Crippen MR) is 96.4 cm³/mol. The molecular weight excluding hydrogens is 359 g/mol. The fraction of sp³-hybridized carbons (Fsp3) is 0.500. The molecule has 2 rings (SSSR count). The number of aliphatic imine (C=N–C) groups is 1. The van der Waals surface area contributed by atoms with E-state index >= 15 is 0 Å². The first kappa shape index (κ1) is 20.7. The maximum Gasteiger partial charge on any atom is 0.416 e. The zero-order chi connectivity index (χ0) is 20.0. The second-order valence-corrected chi connectivity index (χ2v) is 6.48. The molecule has 1 N–H and O–H groups in total. The lowest BCUT2D eigenvalue weighted by molar-refractivity contribution is -0.137. The van der Waals surface area contributed by atoms with Crippen LogP contribution < -0.4 is 5.32 Å². The highest BCUT2D eigenvalue weighted by Gasteiger charge is 2.29. The van der Waals surface area contributed by atoms with Crippen molar-refractivity contribution >= 4 is 5.96 Å². The summed E-state index contributed by atoms with van der Waals surface area (Å²) in [4.78, 5) is 10.3. The van der Waals surface area contributed by atoms with Gasteiger partial charge in [0.15, 0.2) is 11.8 Å². The summed E-state index contributed by atoms with van der Waals surface area (Å²) in [6.07, 6.45) is -3.78. The molecule has 6 nitrogen and oxygen atoms in total. The van der Waals surface area contributed by atoms with E-state index in [9.17, 15) is 13.2 Å². The molecule has 0 saturated heterocycles. The molecule has 0 aliphatic rings. The molecule has 0 fully saturated rings. The summed E-state index contributed by atoms with van der Waals surface area (Å²) in [5.74, 6) is 2.05. The SMILES string of the molecule is CN=C(NCCc1nc(C(C)C)no1)N(C)Cc1ccc(C(F)(F)F)cc1. The van der Waals surface area contributed by atoms with E-state index in [2.05, 4.69) is 20.4 Å². The summed E-state index contributed by atoms with van der Waals surface area (Å²) < 4.78 is 43.1. The molecule has 0 radical (unpaired) electrons. The maximum atomic E-state index is 12.6. The lowest BCUT2D eigenvalue weighted by Gasteiger charge is -2.22. The second kappa shape index (κ2) is 8.88. The smallest absolute Gasteiger partial charge is 0.356 e. The Morgan fingerprint density at radius 2 is 1.93 bits per heavy atom. The molecule has 0 bridgehead atoms. The van der Waals surface area contributed by atoms with Crippen molar-refractivity contribution in [2.45, 2.75) is 38.9 Å². The number of nitrogens with one attached hydrogen (secondary N) is 1. The van der Waals surface area contributed by atoms with Crippen LogP contribution in [0.5, 0.6) is 0 Å². The van der Waals surface area contributed by atoms with Gasteiger partial charge in [-0.3, -0.25) is 4.99 Å². The van der Waals surface area contributed by atoms with Gasteiger partial charge < -0.3 is 14.7 Å². The van der Waals surface area contributed by atoms with Gasteiger partial charge in [0.05, 0.1) is 5.56 Å². The number of benzene rings is 1. The van der Waals surface area contributed by atoms with Crippen molar-refractivity contribution < 1.29 is 17.7 Å². The van der Waals surface area contributed by atoms with E-state index in [-0.39, 0.29) is 5.92 Å². The Bertz CT molecular complexity index is 753. The summed E-state index contributed by atoms with van der Waals surface area (Å²) in [6, 6.07) is 5.11. The summed E-state index contributed by atoms with van der Waals surface area (Å²) in [5.41, 5.74) is 0.101. The molecule has 0 saturated carbocycles. The normalized spacial score (nSPS) is 12.5. The molecule has 0 atom stereocenters. The van der Waals surface area contributed by atoms with Crippen molar-refractivity contribution in [1.29, 1.82) is 0 Å². The standard InChI is InChI=1S/C18H24F3N5O/c1-12(2)16-24-15(27-25-16)9-10-23-17(22-3)26(4)11-13-5-7-14(8-6-13)18(19,20)21/h5-8,12H,9-11H2,1-4H3,(H,22,23). The summed E-state index contributed by atoms with van der Waals surface area (Å²) in [5, 5.41) is 7.09. The van der Waals surface area contributed by atoms with Gasteiger partial charge in [0.2, 0.25) is 5.89 Å². The molecule has 0 aliphatic heterocycles. The van der Waals surface area contributed by atoms with Crippen LogP contribution >= 0.6 is 0 Å². The summed E-state index contributed by atoms with van der Waals surface area (Å²) in [7, 11) is 3.46. The van der Waals surface area contributed by atoms with E-state index in [4.69, 9.17) is 4.52 Å². The topological polar surface area (TPSA) is 66.5 Å². The molecular formula is C18H24F3N5O. The molecule has 2 aromatic rings. The zero-order valence-corrected chi connectivity index (χ0v) is 15.8. The third-order valence-corrected chi connectivity index (χ3v) is 3.90. The Labute approximate surface area is 156 Å². The Morgan fingerprint density at radius 1 is 1.26 bits per heavy atom. The predicted octanol–water partition coefficient (Wildman–Crippen LogP) is 3.46. The minimum atomic E-state index is -4.33. The summed E-state index contributed by atoms with van der Waals surface area (Å²) >= 11 is 0. The van der Waals surface area contributed by atoms with Gasteiger partial charge in [-0.2, -0.15) is 18.2 Å². The van der Waals surface area contributed by atoms with Gasteiger partial charge in [0.25, 0.3) is 0 Å². The molecule has 0 amide bonds. The van der Waals surface area contributed by atoms with Crippen LogP contribution in [0.3, 0.4) is 0 Å². The van der Waals surface area contributed by atoms with E-state index in [0.717, 1.165) is 17.7 Å².